The van der Waals surface area contributed by atoms with Gasteiger partial charge in [-0.3, -0.25) is 9.59 Å². The van der Waals surface area contributed by atoms with Gasteiger partial charge in [0.05, 0.1) is 17.2 Å². The van der Waals surface area contributed by atoms with E-state index in [0.29, 0.717) is 23.7 Å². The zero-order valence-corrected chi connectivity index (χ0v) is 17.3. The molecule has 29 heavy (non-hydrogen) atoms. The normalized spacial score (nSPS) is 10.4. The van der Waals surface area contributed by atoms with Gasteiger partial charge in [0.1, 0.15) is 18.2 Å². The lowest BCUT2D eigenvalue weighted by Crippen LogP contribution is -2.35. The highest BCUT2D eigenvalue weighted by Gasteiger charge is 2.15. The molecular formula is C21H22N4O3S. The summed E-state index contributed by atoms with van der Waals surface area (Å²) in [5.74, 6) is 0.558. The van der Waals surface area contributed by atoms with Gasteiger partial charge in [0, 0.05) is 24.2 Å². The molecule has 0 aliphatic rings. The topological polar surface area (TPSA) is 84.4 Å². The van der Waals surface area contributed by atoms with Crippen LogP contribution >= 0.6 is 11.3 Å². The Morgan fingerprint density at radius 1 is 1.17 bits per heavy atom. The Balaban J connectivity index is 1.52. The number of benzene rings is 1. The first-order chi connectivity index (χ1) is 13.9. The van der Waals surface area contributed by atoms with Crippen molar-refractivity contribution in [2.45, 2.75) is 20.5 Å². The molecule has 0 saturated heterocycles. The Bertz CT molecular complexity index is 1000. The Morgan fingerprint density at radius 2 is 1.93 bits per heavy atom. The van der Waals surface area contributed by atoms with E-state index in [0.717, 1.165) is 16.3 Å². The molecule has 1 aromatic carbocycles. The summed E-state index contributed by atoms with van der Waals surface area (Å²) in [4.78, 5) is 34.5. The van der Waals surface area contributed by atoms with Crippen molar-refractivity contribution in [1.29, 1.82) is 0 Å². The zero-order chi connectivity index (χ0) is 20.8. The lowest BCUT2D eigenvalue weighted by molar-refractivity contribution is -0.116. The molecule has 150 valence electrons. The van der Waals surface area contributed by atoms with Gasteiger partial charge in [-0.2, -0.15) is 0 Å². The van der Waals surface area contributed by atoms with Crippen LogP contribution in [-0.4, -0.2) is 40.3 Å². The van der Waals surface area contributed by atoms with E-state index in [-0.39, 0.29) is 18.4 Å². The number of aryl methyl sites for hydroxylation is 2. The summed E-state index contributed by atoms with van der Waals surface area (Å²) < 4.78 is 5.69. The third-order valence-electron chi connectivity index (χ3n) is 4.06. The van der Waals surface area contributed by atoms with E-state index in [4.69, 9.17) is 4.74 Å². The molecule has 0 saturated carbocycles. The van der Waals surface area contributed by atoms with Crippen LogP contribution in [0.1, 0.15) is 26.6 Å². The lowest BCUT2D eigenvalue weighted by Gasteiger charge is -2.17. The highest BCUT2D eigenvalue weighted by atomic mass is 32.1. The maximum Gasteiger partial charge on any atom is 0.254 e. The molecule has 0 radical (unpaired) electrons. The third kappa shape index (κ3) is 5.86. The van der Waals surface area contributed by atoms with Crippen molar-refractivity contribution >= 4 is 29.0 Å². The van der Waals surface area contributed by atoms with Crippen LogP contribution in [0.5, 0.6) is 5.75 Å². The predicted molar refractivity (Wildman–Crippen MR) is 112 cm³/mol. The average molecular weight is 410 g/mol. The first-order valence-corrected chi connectivity index (χ1v) is 9.90. The molecule has 1 N–H and O–H groups in total. The van der Waals surface area contributed by atoms with Gasteiger partial charge in [0.15, 0.2) is 0 Å². The highest BCUT2D eigenvalue weighted by Crippen LogP contribution is 2.16. The Kier molecular flexibility index (Phi) is 6.56. The van der Waals surface area contributed by atoms with E-state index in [2.05, 4.69) is 15.3 Å². The second-order valence-electron chi connectivity index (χ2n) is 6.60. The Morgan fingerprint density at radius 3 is 2.59 bits per heavy atom. The summed E-state index contributed by atoms with van der Waals surface area (Å²) in [6, 6.07) is 10.4. The lowest BCUT2D eigenvalue weighted by atomic mass is 10.2. The quantitative estimate of drug-likeness (QED) is 0.645. The predicted octanol–water partition coefficient (Wildman–Crippen LogP) is 3.44. The fourth-order valence-corrected chi connectivity index (χ4v) is 3.22. The molecule has 3 rings (SSSR count). The van der Waals surface area contributed by atoms with Gasteiger partial charge < -0.3 is 15.0 Å². The number of hydrogen-bond acceptors (Lipinski definition) is 6. The molecule has 0 fully saturated rings. The van der Waals surface area contributed by atoms with Crippen molar-refractivity contribution in [3.05, 3.63) is 69.8 Å². The number of aromatic nitrogens is 2. The van der Waals surface area contributed by atoms with Gasteiger partial charge in [-0.05, 0) is 55.8 Å². The number of carbonyl (C=O) groups is 2. The molecule has 0 unspecified atom stereocenters. The number of carbonyl (C=O) groups excluding carboxylic acids is 2. The summed E-state index contributed by atoms with van der Waals surface area (Å²) in [6.45, 7) is 4.17. The number of likely N-dealkylation sites (N-methyl/N-ethyl adjacent to an activating group) is 1. The largest absolute Gasteiger partial charge is 0.487 e. The molecule has 0 aliphatic heterocycles. The van der Waals surface area contributed by atoms with Crippen molar-refractivity contribution < 1.29 is 14.3 Å². The van der Waals surface area contributed by atoms with Crippen molar-refractivity contribution in [3.8, 4) is 5.75 Å². The van der Waals surface area contributed by atoms with Crippen LogP contribution in [0, 0.1) is 13.8 Å². The van der Waals surface area contributed by atoms with Crippen molar-refractivity contribution in [2.75, 3.05) is 18.9 Å². The van der Waals surface area contributed by atoms with Crippen LogP contribution in [0.3, 0.4) is 0 Å². The van der Waals surface area contributed by atoms with Crippen LogP contribution < -0.4 is 10.1 Å². The number of anilines is 1. The van der Waals surface area contributed by atoms with Gasteiger partial charge in [0.25, 0.3) is 5.91 Å². The Hall–Kier alpha value is -3.26. The molecule has 0 aliphatic carbocycles. The fourth-order valence-electron chi connectivity index (χ4n) is 2.62. The minimum atomic E-state index is -0.308. The van der Waals surface area contributed by atoms with Crippen LogP contribution in [-0.2, 0) is 11.4 Å². The van der Waals surface area contributed by atoms with E-state index in [1.165, 1.54) is 4.90 Å². The van der Waals surface area contributed by atoms with E-state index < -0.39 is 0 Å². The molecule has 2 heterocycles. The fraction of sp³-hybridized carbons (Fsp3) is 0.238. The maximum absolute atomic E-state index is 12.6. The molecule has 2 amide bonds. The number of thiazole rings is 1. The molecule has 2 aromatic heterocycles. The molecule has 8 heteroatoms. The molecule has 7 nitrogen and oxygen atoms in total. The maximum atomic E-state index is 12.6. The smallest absolute Gasteiger partial charge is 0.254 e. The summed E-state index contributed by atoms with van der Waals surface area (Å²) in [5, 5.41) is 5.65. The van der Waals surface area contributed by atoms with E-state index in [9.17, 15) is 9.59 Å². The Labute approximate surface area is 173 Å². The number of ether oxygens (including phenoxy) is 1. The van der Waals surface area contributed by atoms with E-state index in [1.54, 1.807) is 54.9 Å². The summed E-state index contributed by atoms with van der Waals surface area (Å²) in [7, 11) is 1.58. The zero-order valence-electron chi connectivity index (χ0n) is 16.5. The van der Waals surface area contributed by atoms with Crippen molar-refractivity contribution in [3.63, 3.8) is 0 Å². The molecular weight excluding hydrogens is 388 g/mol. The summed E-state index contributed by atoms with van der Waals surface area (Å²) >= 11 is 1.58. The number of nitrogens with one attached hydrogen (secondary N) is 1. The summed E-state index contributed by atoms with van der Waals surface area (Å²) in [5.41, 5.74) is 2.35. The second kappa shape index (κ2) is 9.29. The number of nitrogens with zero attached hydrogens (tertiary/aromatic N) is 3. The number of amides is 2. The average Bonchev–Trinajstić information content (AvgIpc) is 3.11. The van der Waals surface area contributed by atoms with Gasteiger partial charge in [-0.25, -0.2) is 9.97 Å². The number of hydrogen-bond donors (Lipinski definition) is 1. The second-order valence-corrected chi connectivity index (χ2v) is 7.66. The van der Waals surface area contributed by atoms with Gasteiger partial charge in [0.2, 0.25) is 5.91 Å². The van der Waals surface area contributed by atoms with Crippen LogP contribution in [0.4, 0.5) is 5.82 Å². The minimum absolute atomic E-state index is 0.0735. The third-order valence-corrected chi connectivity index (χ3v) is 4.89. The number of pyridine rings is 1. The number of rotatable bonds is 7. The van der Waals surface area contributed by atoms with Crippen molar-refractivity contribution in [1.82, 2.24) is 14.9 Å². The standard InChI is InChI=1S/C21H22N4O3S/c1-14-8-9-22-19(10-14)24-20(26)11-25(3)21(27)16-4-6-18(7-5-16)28-12-17-13-29-15(2)23-17/h4-10,13H,11-12H2,1-3H3,(H,22,24,26). The first-order valence-electron chi connectivity index (χ1n) is 9.02. The van der Waals surface area contributed by atoms with Gasteiger partial charge in [-0.15, -0.1) is 11.3 Å². The minimum Gasteiger partial charge on any atom is -0.487 e. The van der Waals surface area contributed by atoms with Crippen LogP contribution in [0.2, 0.25) is 0 Å². The summed E-state index contributed by atoms with van der Waals surface area (Å²) in [6.07, 6.45) is 1.62. The SMILES string of the molecule is Cc1ccnc(NC(=O)CN(C)C(=O)c2ccc(OCc3csc(C)n3)cc2)c1. The van der Waals surface area contributed by atoms with Gasteiger partial charge >= 0.3 is 0 Å². The molecule has 0 bridgehead atoms. The van der Waals surface area contributed by atoms with Crippen LogP contribution in [0.25, 0.3) is 0 Å². The van der Waals surface area contributed by atoms with Crippen LogP contribution in [0.15, 0.2) is 48.0 Å². The van der Waals surface area contributed by atoms with Crippen molar-refractivity contribution in [2.24, 2.45) is 0 Å². The molecule has 3 aromatic rings. The highest BCUT2D eigenvalue weighted by molar-refractivity contribution is 7.09. The first kappa shape index (κ1) is 20.5. The molecule has 0 atom stereocenters. The van der Waals surface area contributed by atoms with E-state index >= 15 is 0 Å². The molecule has 0 spiro atoms. The van der Waals surface area contributed by atoms with Gasteiger partial charge in [-0.1, -0.05) is 0 Å². The van der Waals surface area contributed by atoms with E-state index in [1.807, 2.05) is 25.3 Å². The monoisotopic (exact) mass is 410 g/mol.